The van der Waals surface area contributed by atoms with Crippen molar-refractivity contribution in [1.29, 1.82) is 0 Å². The second-order valence-corrected chi connectivity index (χ2v) is 9.24. The van der Waals surface area contributed by atoms with Gasteiger partial charge in [-0.05, 0) is 37.8 Å². The summed E-state index contributed by atoms with van der Waals surface area (Å²) in [6.07, 6.45) is 5.46. The molecule has 2 aliphatic rings. The van der Waals surface area contributed by atoms with Crippen LogP contribution < -0.4 is 5.32 Å². The standard InChI is InChI=1S/C17H21N3O2S2/c21-24(22,20-10-2-1-3-11-20)15-8-4-13(5-9-15)16-12-23-17(19-16)18-14-6-7-14/h4-5,8-9,12,14H,1-3,6-7,10-11H2,(H,18,19). The van der Waals surface area contributed by atoms with Crippen molar-refractivity contribution in [2.24, 2.45) is 0 Å². The molecule has 1 aliphatic carbocycles. The number of sulfonamides is 1. The SMILES string of the molecule is O=S(=O)(c1ccc(-c2csc(NC3CC3)n2)cc1)N1CCCCC1. The van der Waals surface area contributed by atoms with Crippen molar-refractivity contribution in [2.75, 3.05) is 18.4 Å². The van der Waals surface area contributed by atoms with E-state index in [4.69, 9.17) is 0 Å². The highest BCUT2D eigenvalue weighted by Gasteiger charge is 2.26. The molecule has 24 heavy (non-hydrogen) atoms. The summed E-state index contributed by atoms with van der Waals surface area (Å²) in [5.41, 5.74) is 1.85. The lowest BCUT2D eigenvalue weighted by Gasteiger charge is -2.25. The van der Waals surface area contributed by atoms with E-state index < -0.39 is 10.0 Å². The number of nitrogens with zero attached hydrogens (tertiary/aromatic N) is 2. The molecule has 0 amide bonds. The highest BCUT2D eigenvalue weighted by atomic mass is 32.2. The molecule has 2 fully saturated rings. The fraction of sp³-hybridized carbons (Fsp3) is 0.471. The Bertz CT molecular complexity index is 805. The van der Waals surface area contributed by atoms with Crippen molar-refractivity contribution in [2.45, 2.75) is 43.0 Å². The van der Waals surface area contributed by atoms with Crippen LogP contribution in [0, 0.1) is 0 Å². The normalized spacial score (nSPS) is 19.3. The van der Waals surface area contributed by atoms with Gasteiger partial charge in [-0.15, -0.1) is 11.3 Å². The minimum Gasteiger partial charge on any atom is -0.359 e. The lowest BCUT2D eigenvalue weighted by molar-refractivity contribution is 0.346. The van der Waals surface area contributed by atoms with Crippen molar-refractivity contribution in [3.05, 3.63) is 29.6 Å². The number of thiazole rings is 1. The fourth-order valence-corrected chi connectivity index (χ4v) is 5.24. The first kappa shape index (κ1) is 16.1. The van der Waals surface area contributed by atoms with Crippen LogP contribution in [-0.2, 0) is 10.0 Å². The quantitative estimate of drug-likeness (QED) is 0.882. The van der Waals surface area contributed by atoms with Crippen molar-refractivity contribution < 1.29 is 8.42 Å². The largest absolute Gasteiger partial charge is 0.359 e. The molecule has 0 atom stereocenters. The minimum atomic E-state index is -3.36. The van der Waals surface area contributed by atoms with Gasteiger partial charge in [-0.1, -0.05) is 18.6 Å². The van der Waals surface area contributed by atoms with Crippen LogP contribution in [0.3, 0.4) is 0 Å². The molecule has 1 aliphatic heterocycles. The fourth-order valence-electron chi connectivity index (χ4n) is 2.93. The van der Waals surface area contributed by atoms with E-state index in [1.807, 2.05) is 17.5 Å². The zero-order valence-electron chi connectivity index (χ0n) is 13.4. The number of hydrogen-bond acceptors (Lipinski definition) is 5. The predicted molar refractivity (Wildman–Crippen MR) is 96.8 cm³/mol. The average Bonchev–Trinajstić information content (AvgIpc) is 3.31. The van der Waals surface area contributed by atoms with Gasteiger partial charge in [0.25, 0.3) is 0 Å². The lowest BCUT2D eigenvalue weighted by atomic mass is 10.2. The van der Waals surface area contributed by atoms with E-state index in [1.54, 1.807) is 27.8 Å². The van der Waals surface area contributed by atoms with Gasteiger partial charge < -0.3 is 5.32 Å². The Hall–Kier alpha value is -1.44. The Morgan fingerprint density at radius 1 is 1.08 bits per heavy atom. The van der Waals surface area contributed by atoms with Crippen LogP contribution in [-0.4, -0.2) is 36.8 Å². The highest BCUT2D eigenvalue weighted by molar-refractivity contribution is 7.89. The third-order valence-corrected chi connectivity index (χ3v) is 7.20. The number of aromatic nitrogens is 1. The summed E-state index contributed by atoms with van der Waals surface area (Å²) in [7, 11) is -3.36. The van der Waals surface area contributed by atoms with Gasteiger partial charge >= 0.3 is 0 Å². The third kappa shape index (κ3) is 3.34. The summed E-state index contributed by atoms with van der Waals surface area (Å²) >= 11 is 1.60. The van der Waals surface area contributed by atoms with E-state index in [2.05, 4.69) is 10.3 Å². The first-order chi connectivity index (χ1) is 11.6. The smallest absolute Gasteiger partial charge is 0.243 e. The molecule has 0 spiro atoms. The molecule has 1 saturated carbocycles. The summed E-state index contributed by atoms with van der Waals surface area (Å²) < 4.78 is 26.9. The van der Waals surface area contributed by atoms with E-state index in [1.165, 1.54) is 12.8 Å². The average molecular weight is 364 g/mol. The number of anilines is 1. The van der Waals surface area contributed by atoms with Crippen LogP contribution in [0.4, 0.5) is 5.13 Å². The highest BCUT2D eigenvalue weighted by Crippen LogP contribution is 2.30. The number of hydrogen-bond donors (Lipinski definition) is 1. The lowest BCUT2D eigenvalue weighted by Crippen LogP contribution is -2.35. The van der Waals surface area contributed by atoms with Gasteiger partial charge in [-0.3, -0.25) is 0 Å². The maximum Gasteiger partial charge on any atom is 0.243 e. The van der Waals surface area contributed by atoms with Gasteiger partial charge in [0.1, 0.15) is 0 Å². The Morgan fingerprint density at radius 3 is 2.46 bits per heavy atom. The number of rotatable bonds is 5. The summed E-state index contributed by atoms with van der Waals surface area (Å²) in [5, 5.41) is 6.34. The first-order valence-corrected chi connectivity index (χ1v) is 10.8. The molecule has 7 heteroatoms. The van der Waals surface area contributed by atoms with E-state index in [-0.39, 0.29) is 0 Å². The Kier molecular flexibility index (Phi) is 4.32. The van der Waals surface area contributed by atoms with Gasteiger partial charge in [0, 0.05) is 30.1 Å². The molecule has 1 saturated heterocycles. The molecule has 4 rings (SSSR count). The Balaban J connectivity index is 1.52. The van der Waals surface area contributed by atoms with Crippen molar-refractivity contribution in [1.82, 2.24) is 9.29 Å². The summed E-state index contributed by atoms with van der Waals surface area (Å²) in [6.45, 7) is 1.26. The molecular weight excluding hydrogens is 342 g/mol. The molecule has 1 aromatic carbocycles. The van der Waals surface area contributed by atoms with E-state index >= 15 is 0 Å². The number of piperidine rings is 1. The molecule has 1 aromatic heterocycles. The summed E-state index contributed by atoms with van der Waals surface area (Å²) in [4.78, 5) is 4.96. The molecule has 5 nitrogen and oxygen atoms in total. The van der Waals surface area contributed by atoms with Crippen LogP contribution >= 0.6 is 11.3 Å². The van der Waals surface area contributed by atoms with Gasteiger partial charge in [0.2, 0.25) is 10.0 Å². The van der Waals surface area contributed by atoms with E-state index in [0.29, 0.717) is 24.0 Å². The first-order valence-electron chi connectivity index (χ1n) is 8.45. The second kappa shape index (κ2) is 6.46. The molecule has 128 valence electrons. The van der Waals surface area contributed by atoms with Crippen LogP contribution in [0.5, 0.6) is 0 Å². The van der Waals surface area contributed by atoms with Crippen LogP contribution in [0.1, 0.15) is 32.1 Å². The number of nitrogens with one attached hydrogen (secondary N) is 1. The zero-order chi connectivity index (χ0) is 16.6. The predicted octanol–water partition coefficient (Wildman–Crippen LogP) is 3.56. The van der Waals surface area contributed by atoms with Crippen LogP contribution in [0.25, 0.3) is 11.3 Å². The zero-order valence-corrected chi connectivity index (χ0v) is 15.1. The van der Waals surface area contributed by atoms with Gasteiger partial charge in [-0.2, -0.15) is 4.31 Å². The molecule has 1 N–H and O–H groups in total. The summed E-state index contributed by atoms with van der Waals surface area (Å²) in [5.74, 6) is 0. The maximum absolute atomic E-state index is 12.7. The van der Waals surface area contributed by atoms with Gasteiger partial charge in [0.15, 0.2) is 5.13 Å². The minimum absolute atomic E-state index is 0.375. The van der Waals surface area contributed by atoms with Crippen molar-refractivity contribution in [3.8, 4) is 11.3 Å². The van der Waals surface area contributed by atoms with E-state index in [9.17, 15) is 8.42 Å². The molecule has 0 radical (unpaired) electrons. The monoisotopic (exact) mass is 363 g/mol. The van der Waals surface area contributed by atoms with Crippen molar-refractivity contribution in [3.63, 3.8) is 0 Å². The third-order valence-electron chi connectivity index (χ3n) is 4.51. The Morgan fingerprint density at radius 2 is 1.79 bits per heavy atom. The molecule has 2 heterocycles. The van der Waals surface area contributed by atoms with Crippen molar-refractivity contribution >= 4 is 26.5 Å². The molecule has 0 unspecified atom stereocenters. The topological polar surface area (TPSA) is 62.3 Å². The number of benzene rings is 1. The Labute approximate surface area is 146 Å². The van der Waals surface area contributed by atoms with Crippen LogP contribution in [0.15, 0.2) is 34.5 Å². The molecular formula is C17H21N3O2S2. The van der Waals surface area contributed by atoms with Gasteiger partial charge in [-0.25, -0.2) is 13.4 Å². The maximum atomic E-state index is 12.7. The van der Waals surface area contributed by atoms with E-state index in [0.717, 1.165) is 35.7 Å². The van der Waals surface area contributed by atoms with Crippen LogP contribution in [0.2, 0.25) is 0 Å². The van der Waals surface area contributed by atoms with Gasteiger partial charge in [0.05, 0.1) is 10.6 Å². The second-order valence-electron chi connectivity index (χ2n) is 6.45. The molecule has 2 aromatic rings. The molecule has 0 bridgehead atoms. The summed E-state index contributed by atoms with van der Waals surface area (Å²) in [6, 6.07) is 7.69.